The van der Waals surface area contributed by atoms with Gasteiger partial charge in [-0.2, -0.15) is 0 Å². The van der Waals surface area contributed by atoms with Crippen LogP contribution in [-0.4, -0.2) is 54.9 Å². The van der Waals surface area contributed by atoms with Crippen molar-refractivity contribution in [3.05, 3.63) is 59.4 Å². The van der Waals surface area contributed by atoms with Gasteiger partial charge in [0.2, 0.25) is 0 Å². The summed E-state index contributed by atoms with van der Waals surface area (Å²) < 4.78 is 15.0. The highest BCUT2D eigenvalue weighted by Crippen LogP contribution is 2.42. The zero-order valence-electron chi connectivity index (χ0n) is 24.2. The van der Waals surface area contributed by atoms with Crippen LogP contribution in [0.25, 0.3) is 11.0 Å². The van der Waals surface area contributed by atoms with Crippen LogP contribution in [-0.2, 0) is 15.6 Å². The third-order valence-corrected chi connectivity index (χ3v) is 13.7. The van der Waals surface area contributed by atoms with Crippen LogP contribution >= 0.6 is 0 Å². The lowest BCUT2D eigenvalue weighted by Gasteiger charge is -2.37. The summed E-state index contributed by atoms with van der Waals surface area (Å²) in [5, 5.41) is 10.1. The van der Waals surface area contributed by atoms with E-state index in [0.717, 1.165) is 67.0 Å². The van der Waals surface area contributed by atoms with Crippen molar-refractivity contribution in [2.24, 2.45) is 0 Å². The minimum atomic E-state index is -2.01. The van der Waals surface area contributed by atoms with Crippen molar-refractivity contribution < 1.29 is 19.1 Å². The minimum Gasteiger partial charge on any atom is -0.465 e. The van der Waals surface area contributed by atoms with E-state index in [1.165, 1.54) is 10.5 Å². The fourth-order valence-electron chi connectivity index (χ4n) is 5.79. The maximum atomic E-state index is 12.2. The van der Waals surface area contributed by atoms with Gasteiger partial charge in [-0.05, 0) is 68.4 Å². The number of carboxylic acid groups (broad SMARTS) is 1. The third kappa shape index (κ3) is 5.26. The molecule has 2 aromatic carbocycles. The number of aromatic nitrogens is 2. The van der Waals surface area contributed by atoms with Crippen LogP contribution in [0.2, 0.25) is 18.1 Å². The predicted molar refractivity (Wildman–Crippen MR) is 159 cm³/mol. The number of nitrogens with zero attached hydrogens (tertiary/aromatic N) is 3. The summed E-state index contributed by atoms with van der Waals surface area (Å²) in [6, 6.07) is 14.9. The number of amides is 1. The van der Waals surface area contributed by atoms with Gasteiger partial charge in [0, 0.05) is 37.5 Å². The molecule has 1 N–H and O–H groups in total. The third-order valence-electron chi connectivity index (χ3n) is 9.17. The second kappa shape index (κ2) is 10.7. The standard InChI is InChI=1S/C31H43N3O4Si/c1-21-12-13-24-26(33(21)30(35)36)14-15-27-28(24)32-29(34(27)23-16-18-37-19-17-23)25(22-10-8-7-9-11-22)20-38-39(5,6)31(2,3)4/h7-11,14-15,21,23,25H,12-13,16-20H2,1-6H3,(H,35,36)/t21-,25?/m0/s1. The molecular weight excluding hydrogens is 506 g/mol. The smallest absolute Gasteiger partial charge is 0.412 e. The molecule has 8 heteroatoms. The maximum Gasteiger partial charge on any atom is 0.412 e. The Morgan fingerprint density at radius 3 is 2.46 bits per heavy atom. The van der Waals surface area contributed by atoms with Crippen molar-refractivity contribution in [1.82, 2.24) is 9.55 Å². The van der Waals surface area contributed by atoms with E-state index in [1.807, 2.05) is 13.0 Å². The summed E-state index contributed by atoms with van der Waals surface area (Å²) >= 11 is 0. The molecule has 39 heavy (non-hydrogen) atoms. The average molecular weight is 550 g/mol. The number of hydrogen-bond acceptors (Lipinski definition) is 4. The molecule has 1 fully saturated rings. The van der Waals surface area contributed by atoms with Crippen molar-refractivity contribution in [2.45, 2.75) is 89.5 Å². The highest BCUT2D eigenvalue weighted by Gasteiger charge is 2.39. The summed E-state index contributed by atoms with van der Waals surface area (Å²) in [5.41, 5.74) is 5.02. The number of benzene rings is 2. The van der Waals surface area contributed by atoms with Crippen molar-refractivity contribution >= 4 is 31.1 Å². The zero-order valence-corrected chi connectivity index (χ0v) is 25.2. The number of fused-ring (bicyclic) bond motifs is 3. The van der Waals surface area contributed by atoms with E-state index in [9.17, 15) is 9.90 Å². The first kappa shape index (κ1) is 27.9. The van der Waals surface area contributed by atoms with Crippen molar-refractivity contribution in [3.8, 4) is 0 Å². The van der Waals surface area contributed by atoms with E-state index in [0.29, 0.717) is 6.61 Å². The molecule has 3 aromatic rings. The van der Waals surface area contributed by atoms with Crippen molar-refractivity contribution in [2.75, 3.05) is 24.7 Å². The summed E-state index contributed by atoms with van der Waals surface area (Å²) in [5.74, 6) is 0.972. The molecule has 0 spiro atoms. The van der Waals surface area contributed by atoms with Crippen LogP contribution in [0.3, 0.4) is 0 Å². The quantitative estimate of drug-likeness (QED) is 0.325. The van der Waals surface area contributed by atoms with Gasteiger partial charge in [-0.3, -0.25) is 4.90 Å². The van der Waals surface area contributed by atoms with Gasteiger partial charge in [0.05, 0.1) is 22.6 Å². The number of ether oxygens (including phenoxy) is 1. The highest BCUT2D eigenvalue weighted by atomic mass is 28.4. The molecule has 1 unspecified atom stereocenters. The number of imidazole rings is 1. The lowest BCUT2D eigenvalue weighted by atomic mass is 9.95. The number of aryl methyl sites for hydroxylation is 1. The first-order valence-corrected chi connectivity index (χ1v) is 17.2. The Labute approximate surface area is 233 Å². The predicted octanol–water partition coefficient (Wildman–Crippen LogP) is 7.36. The van der Waals surface area contributed by atoms with Crippen LogP contribution < -0.4 is 4.90 Å². The van der Waals surface area contributed by atoms with Gasteiger partial charge in [-0.25, -0.2) is 9.78 Å². The first-order valence-electron chi connectivity index (χ1n) is 14.3. The topological polar surface area (TPSA) is 76.8 Å². The molecule has 0 saturated carbocycles. The Bertz CT molecular complexity index is 1330. The number of anilines is 1. The summed E-state index contributed by atoms with van der Waals surface area (Å²) in [4.78, 5) is 19.1. The van der Waals surface area contributed by atoms with Crippen LogP contribution in [0.1, 0.15) is 75.9 Å². The molecule has 3 heterocycles. The SMILES string of the molecule is C[C@H]1CCc2c(ccc3c2nc(C(CO[Si](C)(C)C(C)(C)C)c2ccccc2)n3C2CCOCC2)N1C(=O)O. The number of carbonyl (C=O) groups is 1. The molecule has 0 bridgehead atoms. The minimum absolute atomic E-state index is 0.0377. The summed E-state index contributed by atoms with van der Waals surface area (Å²) in [6.07, 6.45) is 2.56. The molecule has 0 aliphatic carbocycles. The maximum absolute atomic E-state index is 12.2. The summed E-state index contributed by atoms with van der Waals surface area (Å²) in [7, 11) is -2.01. The largest absolute Gasteiger partial charge is 0.465 e. The van der Waals surface area contributed by atoms with E-state index in [1.54, 1.807) is 0 Å². The Morgan fingerprint density at radius 2 is 1.82 bits per heavy atom. The molecule has 2 atom stereocenters. The van der Waals surface area contributed by atoms with Crippen LogP contribution in [0.15, 0.2) is 42.5 Å². The van der Waals surface area contributed by atoms with Gasteiger partial charge in [0.1, 0.15) is 5.82 Å². The molecule has 210 valence electrons. The lowest BCUT2D eigenvalue weighted by molar-refractivity contribution is 0.0694. The normalized spacial score (nSPS) is 19.7. The van der Waals surface area contributed by atoms with Gasteiger partial charge in [-0.15, -0.1) is 0 Å². The molecule has 2 aliphatic rings. The second-order valence-corrected chi connectivity index (χ2v) is 17.5. The first-order chi connectivity index (χ1) is 18.5. The summed E-state index contributed by atoms with van der Waals surface area (Å²) in [6.45, 7) is 15.4. The van der Waals surface area contributed by atoms with Crippen LogP contribution in [0, 0.1) is 0 Å². The monoisotopic (exact) mass is 549 g/mol. The molecule has 1 amide bonds. The highest BCUT2D eigenvalue weighted by molar-refractivity contribution is 6.74. The average Bonchev–Trinajstić information content (AvgIpc) is 3.28. The Morgan fingerprint density at radius 1 is 1.13 bits per heavy atom. The number of rotatable bonds is 6. The van der Waals surface area contributed by atoms with Gasteiger partial charge in [0.15, 0.2) is 8.32 Å². The molecule has 0 radical (unpaired) electrons. The fraction of sp³-hybridized carbons (Fsp3) is 0.548. The van der Waals surface area contributed by atoms with E-state index < -0.39 is 14.4 Å². The van der Waals surface area contributed by atoms with E-state index in [-0.39, 0.29) is 23.0 Å². The lowest BCUT2D eigenvalue weighted by Crippen LogP contribution is -2.42. The van der Waals surface area contributed by atoms with Crippen molar-refractivity contribution in [1.29, 1.82) is 0 Å². The molecule has 2 aliphatic heterocycles. The Balaban J connectivity index is 1.69. The fourth-order valence-corrected chi connectivity index (χ4v) is 6.81. The van der Waals surface area contributed by atoms with Crippen molar-refractivity contribution in [3.63, 3.8) is 0 Å². The molecule has 1 aromatic heterocycles. The molecule has 1 saturated heterocycles. The molecular formula is C31H43N3O4Si. The molecule has 5 rings (SSSR count). The van der Waals surface area contributed by atoms with Gasteiger partial charge in [-0.1, -0.05) is 51.1 Å². The molecule has 7 nitrogen and oxygen atoms in total. The van der Waals surface area contributed by atoms with E-state index in [4.69, 9.17) is 14.1 Å². The van der Waals surface area contributed by atoms with Gasteiger partial charge >= 0.3 is 6.09 Å². The zero-order chi connectivity index (χ0) is 27.9. The Hall–Kier alpha value is -2.68. The van der Waals surface area contributed by atoms with Crippen LogP contribution in [0.5, 0.6) is 0 Å². The van der Waals surface area contributed by atoms with Gasteiger partial charge < -0.3 is 18.8 Å². The van der Waals surface area contributed by atoms with E-state index >= 15 is 0 Å². The second-order valence-electron chi connectivity index (χ2n) is 12.7. The Kier molecular flexibility index (Phi) is 7.65. The van der Waals surface area contributed by atoms with Gasteiger partial charge in [0.25, 0.3) is 0 Å². The van der Waals surface area contributed by atoms with Crippen LogP contribution in [0.4, 0.5) is 10.5 Å². The van der Waals surface area contributed by atoms with E-state index in [2.05, 4.69) is 74.8 Å². The number of hydrogen-bond donors (Lipinski definition) is 1.